The lowest BCUT2D eigenvalue weighted by Gasteiger charge is -2.23. The summed E-state index contributed by atoms with van der Waals surface area (Å²) in [5.41, 5.74) is 1.34. The van der Waals surface area contributed by atoms with Crippen molar-refractivity contribution in [3.05, 3.63) is 62.7 Å². The highest BCUT2D eigenvalue weighted by Gasteiger charge is 2.39. The summed E-state index contributed by atoms with van der Waals surface area (Å²) in [6.45, 7) is 3.57. The van der Waals surface area contributed by atoms with Gasteiger partial charge in [-0.15, -0.1) is 0 Å². The van der Waals surface area contributed by atoms with Crippen molar-refractivity contribution >= 4 is 38.9 Å². The minimum atomic E-state index is -3.87. The number of aryl methyl sites for hydroxylation is 1. The van der Waals surface area contributed by atoms with Crippen molar-refractivity contribution in [1.29, 1.82) is 0 Å². The Labute approximate surface area is 173 Å². The lowest BCUT2D eigenvalue weighted by Crippen LogP contribution is -2.43. The first-order valence-corrected chi connectivity index (χ1v) is 10.8. The molecule has 29 heavy (non-hydrogen) atoms. The molecule has 1 amide bonds. The summed E-state index contributed by atoms with van der Waals surface area (Å²) in [5.74, 6) is -0.516. The Morgan fingerprint density at radius 3 is 2.52 bits per heavy atom. The van der Waals surface area contributed by atoms with E-state index in [0.717, 1.165) is 0 Å². The molecule has 1 atom stereocenters. The van der Waals surface area contributed by atoms with Crippen LogP contribution in [-0.4, -0.2) is 36.1 Å². The molecular formula is C19H20ClN3O5S. The summed E-state index contributed by atoms with van der Waals surface area (Å²) in [4.78, 5) is 23.6. The van der Waals surface area contributed by atoms with Crippen molar-refractivity contribution in [3.63, 3.8) is 0 Å². The number of nitrogens with zero attached hydrogens (tertiary/aromatic N) is 2. The predicted molar refractivity (Wildman–Crippen MR) is 110 cm³/mol. The van der Waals surface area contributed by atoms with Crippen molar-refractivity contribution in [2.24, 2.45) is 0 Å². The number of amides is 1. The second-order valence-corrected chi connectivity index (χ2v) is 9.24. The van der Waals surface area contributed by atoms with Gasteiger partial charge < -0.3 is 5.32 Å². The van der Waals surface area contributed by atoms with Crippen LogP contribution >= 0.6 is 11.6 Å². The molecule has 1 aliphatic heterocycles. The number of rotatable bonds is 5. The summed E-state index contributed by atoms with van der Waals surface area (Å²) in [6.07, 6.45) is 0.906. The van der Waals surface area contributed by atoms with E-state index in [1.54, 1.807) is 19.9 Å². The number of nitrogens with one attached hydrogen (secondary N) is 1. The fraction of sp³-hybridized carbons (Fsp3) is 0.316. The Morgan fingerprint density at radius 2 is 1.90 bits per heavy atom. The summed E-state index contributed by atoms with van der Waals surface area (Å²) >= 11 is 5.83. The zero-order valence-electron chi connectivity index (χ0n) is 15.9. The van der Waals surface area contributed by atoms with E-state index in [2.05, 4.69) is 5.32 Å². The lowest BCUT2D eigenvalue weighted by molar-refractivity contribution is -0.385. The first kappa shape index (κ1) is 21.2. The second-order valence-electron chi connectivity index (χ2n) is 6.91. The van der Waals surface area contributed by atoms with Crippen LogP contribution in [0.1, 0.15) is 24.0 Å². The normalized spacial score (nSPS) is 17.3. The summed E-state index contributed by atoms with van der Waals surface area (Å²) in [7, 11) is -3.87. The van der Waals surface area contributed by atoms with Crippen LogP contribution in [0.3, 0.4) is 0 Å². The number of hydrogen-bond donors (Lipinski definition) is 1. The third kappa shape index (κ3) is 4.26. The van der Waals surface area contributed by atoms with Crippen molar-refractivity contribution in [2.45, 2.75) is 37.6 Å². The minimum absolute atomic E-state index is 0.0587. The fourth-order valence-corrected chi connectivity index (χ4v) is 5.14. The number of benzene rings is 2. The average molecular weight is 438 g/mol. The first-order chi connectivity index (χ1) is 13.6. The van der Waals surface area contributed by atoms with Crippen LogP contribution in [0.25, 0.3) is 0 Å². The monoisotopic (exact) mass is 437 g/mol. The molecule has 1 fully saturated rings. The molecule has 0 unspecified atom stereocenters. The number of anilines is 1. The molecule has 154 valence electrons. The molecule has 0 aliphatic carbocycles. The van der Waals surface area contributed by atoms with Gasteiger partial charge in [0.1, 0.15) is 6.04 Å². The molecule has 0 aromatic heterocycles. The highest BCUT2D eigenvalue weighted by molar-refractivity contribution is 7.89. The van der Waals surface area contributed by atoms with Crippen molar-refractivity contribution in [2.75, 3.05) is 11.9 Å². The fourth-order valence-electron chi connectivity index (χ4n) is 3.36. The Kier molecular flexibility index (Phi) is 5.92. The van der Waals surface area contributed by atoms with Crippen LogP contribution in [-0.2, 0) is 14.8 Å². The highest BCUT2D eigenvalue weighted by Crippen LogP contribution is 2.30. The van der Waals surface area contributed by atoms with Crippen LogP contribution in [0, 0.1) is 24.0 Å². The smallest absolute Gasteiger partial charge is 0.274 e. The second kappa shape index (κ2) is 8.10. The third-order valence-electron chi connectivity index (χ3n) is 5.03. The van der Waals surface area contributed by atoms with Gasteiger partial charge in [-0.05, 0) is 62.6 Å². The van der Waals surface area contributed by atoms with Gasteiger partial charge in [-0.2, -0.15) is 4.31 Å². The Morgan fingerprint density at radius 1 is 1.24 bits per heavy atom. The number of carbonyl (C=O) groups excluding carboxylic acids is 1. The molecule has 10 heteroatoms. The number of carbonyl (C=O) groups is 1. The van der Waals surface area contributed by atoms with Crippen LogP contribution in [0.4, 0.5) is 11.4 Å². The van der Waals surface area contributed by atoms with E-state index in [4.69, 9.17) is 11.6 Å². The van der Waals surface area contributed by atoms with E-state index in [0.29, 0.717) is 29.0 Å². The molecule has 2 aromatic carbocycles. The molecule has 2 aromatic rings. The van der Waals surface area contributed by atoms with Crippen molar-refractivity contribution in [3.8, 4) is 0 Å². The topological polar surface area (TPSA) is 110 Å². The molecule has 0 radical (unpaired) electrons. The standard InChI is InChI=1S/C19H20ClN3O5S/c1-12-10-15(11-18(13(12)2)23(25)26)21-19(24)17-4-3-9-22(17)29(27,28)16-7-5-14(20)6-8-16/h5-8,10-11,17H,3-4,9H2,1-2H3,(H,21,24)/t17-/m0/s1. The van der Waals surface area contributed by atoms with Gasteiger partial charge in [0, 0.05) is 28.9 Å². The highest BCUT2D eigenvalue weighted by atomic mass is 35.5. The number of nitro groups is 1. The van der Waals surface area contributed by atoms with Gasteiger partial charge >= 0.3 is 0 Å². The molecule has 1 heterocycles. The van der Waals surface area contributed by atoms with E-state index in [9.17, 15) is 23.3 Å². The van der Waals surface area contributed by atoms with Gasteiger partial charge in [-0.25, -0.2) is 8.42 Å². The van der Waals surface area contributed by atoms with Crippen LogP contribution in [0.2, 0.25) is 5.02 Å². The molecule has 0 saturated carbocycles. The molecule has 1 N–H and O–H groups in total. The Hall–Kier alpha value is -2.49. The lowest BCUT2D eigenvalue weighted by atomic mass is 10.1. The first-order valence-electron chi connectivity index (χ1n) is 8.95. The van der Waals surface area contributed by atoms with Gasteiger partial charge in [0.15, 0.2) is 0 Å². The maximum Gasteiger partial charge on any atom is 0.274 e. The van der Waals surface area contributed by atoms with E-state index in [1.165, 1.54) is 34.6 Å². The number of sulfonamides is 1. The van der Waals surface area contributed by atoms with Gasteiger partial charge in [0.05, 0.1) is 9.82 Å². The molecule has 1 saturated heterocycles. The molecule has 0 spiro atoms. The maximum absolute atomic E-state index is 13.0. The molecular weight excluding hydrogens is 418 g/mol. The zero-order valence-corrected chi connectivity index (χ0v) is 17.5. The largest absolute Gasteiger partial charge is 0.324 e. The van der Waals surface area contributed by atoms with Crippen LogP contribution in [0.15, 0.2) is 41.3 Å². The number of nitro benzene ring substituents is 1. The maximum atomic E-state index is 13.0. The molecule has 3 rings (SSSR count). The SMILES string of the molecule is Cc1cc(NC(=O)[C@@H]2CCCN2S(=O)(=O)c2ccc(Cl)cc2)cc([N+](=O)[O-])c1C. The van der Waals surface area contributed by atoms with E-state index >= 15 is 0 Å². The third-order valence-corrected chi connectivity index (χ3v) is 7.21. The number of halogens is 1. The van der Waals surface area contributed by atoms with E-state index in [1.807, 2.05) is 0 Å². The summed E-state index contributed by atoms with van der Waals surface area (Å²) in [5, 5.41) is 14.3. The summed E-state index contributed by atoms with van der Waals surface area (Å²) in [6, 6.07) is 7.79. The minimum Gasteiger partial charge on any atom is -0.324 e. The van der Waals surface area contributed by atoms with E-state index in [-0.39, 0.29) is 22.8 Å². The van der Waals surface area contributed by atoms with Gasteiger partial charge in [0.2, 0.25) is 15.9 Å². The Bertz CT molecular complexity index is 1070. The average Bonchev–Trinajstić information content (AvgIpc) is 3.15. The van der Waals surface area contributed by atoms with Gasteiger partial charge in [-0.3, -0.25) is 14.9 Å². The van der Waals surface area contributed by atoms with Crippen LogP contribution < -0.4 is 5.32 Å². The molecule has 8 nitrogen and oxygen atoms in total. The van der Waals surface area contributed by atoms with Crippen LogP contribution in [0.5, 0.6) is 0 Å². The molecule has 1 aliphatic rings. The molecule has 0 bridgehead atoms. The summed E-state index contributed by atoms with van der Waals surface area (Å²) < 4.78 is 27.1. The van der Waals surface area contributed by atoms with Gasteiger partial charge in [-0.1, -0.05) is 11.6 Å². The quantitative estimate of drug-likeness (QED) is 0.567. The van der Waals surface area contributed by atoms with Crippen molar-refractivity contribution in [1.82, 2.24) is 4.31 Å². The predicted octanol–water partition coefficient (Wildman–Crippen LogP) is 3.66. The number of hydrogen-bond acceptors (Lipinski definition) is 5. The van der Waals surface area contributed by atoms with Crippen molar-refractivity contribution < 1.29 is 18.1 Å². The van der Waals surface area contributed by atoms with E-state index < -0.39 is 26.9 Å². The Balaban J connectivity index is 1.86. The van der Waals surface area contributed by atoms with Gasteiger partial charge in [0.25, 0.3) is 5.69 Å². The zero-order chi connectivity index (χ0) is 21.3.